The van der Waals surface area contributed by atoms with Gasteiger partial charge in [0.15, 0.2) is 0 Å². The minimum atomic E-state index is -0.245. The molecule has 1 aliphatic heterocycles. The fourth-order valence-corrected chi connectivity index (χ4v) is 7.30. The summed E-state index contributed by atoms with van der Waals surface area (Å²) in [5.41, 5.74) is 1.63. The van der Waals surface area contributed by atoms with Gasteiger partial charge >= 0.3 is 0 Å². The van der Waals surface area contributed by atoms with E-state index in [0.717, 1.165) is 35.4 Å². The molecule has 2 fully saturated rings. The third-order valence-corrected chi connectivity index (χ3v) is 8.37. The molecular weight excluding hydrogens is 677 g/mol. The van der Waals surface area contributed by atoms with Gasteiger partial charge in [-0.05, 0) is 93.3 Å². The Morgan fingerprint density at radius 3 is 2.25 bits per heavy atom. The summed E-state index contributed by atoms with van der Waals surface area (Å²) in [7, 11) is 0. The lowest BCUT2D eigenvalue weighted by Gasteiger charge is -2.13. The van der Waals surface area contributed by atoms with Crippen molar-refractivity contribution in [1.29, 1.82) is 0 Å². The van der Waals surface area contributed by atoms with E-state index in [2.05, 4.69) is 62.4 Å². The summed E-state index contributed by atoms with van der Waals surface area (Å²) >= 11 is 16.6. The van der Waals surface area contributed by atoms with Crippen LogP contribution in [-0.2, 0) is 16.2 Å². The first-order valence-corrected chi connectivity index (χ1v) is 12.9. The van der Waals surface area contributed by atoms with Crippen molar-refractivity contribution >= 4 is 86.4 Å². The molecule has 32 heavy (non-hydrogen) atoms. The number of carbonyl (C=O) groups excluding carboxylic acids is 2. The number of benzene rings is 2. The van der Waals surface area contributed by atoms with Gasteiger partial charge in [-0.2, -0.15) is 10.1 Å². The van der Waals surface area contributed by atoms with E-state index in [4.69, 9.17) is 27.9 Å². The molecule has 1 saturated carbocycles. The molecule has 2 amide bonds. The molecule has 2 aliphatic carbocycles. The topological polar surface area (TPSA) is 59.0 Å². The molecule has 2 aromatic rings. The summed E-state index contributed by atoms with van der Waals surface area (Å²) in [4.78, 5) is 25.6. The number of imide groups is 1. The van der Waals surface area contributed by atoms with Gasteiger partial charge in [-0.3, -0.25) is 9.59 Å². The molecule has 2 bridgehead atoms. The number of halogens is 4. The summed E-state index contributed by atoms with van der Waals surface area (Å²) in [6.07, 6.45) is 6.62. The number of hydrazone groups is 1. The first-order valence-electron chi connectivity index (χ1n) is 9.99. The van der Waals surface area contributed by atoms with E-state index in [1.165, 1.54) is 0 Å². The number of nitrogens with zero attached hydrogens (tertiary/aromatic N) is 2. The molecule has 0 radical (unpaired) electrons. The van der Waals surface area contributed by atoms with Crippen molar-refractivity contribution in [3.05, 3.63) is 70.8 Å². The Bertz CT molecular complexity index is 1150. The van der Waals surface area contributed by atoms with E-state index in [0.29, 0.717) is 16.7 Å². The Kier molecular flexibility index (Phi) is 6.28. The number of carbonyl (C=O) groups is 2. The van der Waals surface area contributed by atoms with Gasteiger partial charge in [0.1, 0.15) is 12.4 Å². The Hall–Kier alpha value is -1.17. The maximum Gasteiger partial charge on any atom is 0.254 e. The predicted molar refractivity (Wildman–Crippen MR) is 140 cm³/mol. The number of hydrogen-bond acceptors (Lipinski definition) is 4. The minimum Gasteiger partial charge on any atom is -0.487 e. The van der Waals surface area contributed by atoms with Crippen molar-refractivity contribution in [3.63, 3.8) is 0 Å². The van der Waals surface area contributed by atoms with Gasteiger partial charge in [0.2, 0.25) is 0 Å². The highest BCUT2D eigenvalue weighted by Crippen LogP contribution is 2.52. The van der Waals surface area contributed by atoms with Gasteiger partial charge in [0.05, 0.1) is 25.2 Å². The monoisotopic (exact) mass is 692 g/mol. The van der Waals surface area contributed by atoms with Crippen molar-refractivity contribution in [2.45, 2.75) is 13.0 Å². The molecule has 1 saturated heterocycles. The normalized spacial score (nSPS) is 25.9. The van der Waals surface area contributed by atoms with Gasteiger partial charge in [0, 0.05) is 15.6 Å². The average molecular weight is 693 g/mol. The summed E-state index contributed by atoms with van der Waals surface area (Å²) in [6.45, 7) is 0.311. The van der Waals surface area contributed by atoms with Crippen LogP contribution in [-0.4, -0.2) is 23.0 Å². The van der Waals surface area contributed by atoms with Crippen LogP contribution in [0.15, 0.2) is 47.6 Å². The smallest absolute Gasteiger partial charge is 0.254 e. The van der Waals surface area contributed by atoms with Crippen molar-refractivity contribution in [3.8, 4) is 5.75 Å². The number of allylic oxidation sites excluding steroid dienone is 2. The summed E-state index contributed by atoms with van der Waals surface area (Å²) in [6, 6.07) is 9.11. The molecule has 0 N–H and O–H groups in total. The fourth-order valence-electron chi connectivity index (χ4n) is 4.71. The first kappa shape index (κ1) is 22.6. The highest BCUT2D eigenvalue weighted by atomic mass is 127. The largest absolute Gasteiger partial charge is 0.487 e. The van der Waals surface area contributed by atoms with Gasteiger partial charge in [0.25, 0.3) is 11.8 Å². The van der Waals surface area contributed by atoms with Crippen LogP contribution in [0.3, 0.4) is 0 Å². The zero-order valence-electron chi connectivity index (χ0n) is 16.5. The van der Waals surface area contributed by atoms with Crippen molar-refractivity contribution in [1.82, 2.24) is 5.01 Å². The van der Waals surface area contributed by atoms with Crippen LogP contribution in [0.1, 0.15) is 17.5 Å². The second-order valence-electron chi connectivity index (χ2n) is 8.07. The zero-order valence-corrected chi connectivity index (χ0v) is 22.3. The van der Waals surface area contributed by atoms with E-state index in [9.17, 15) is 9.59 Å². The zero-order chi connectivity index (χ0) is 22.6. The number of rotatable bonds is 5. The molecule has 0 aromatic heterocycles. The maximum atomic E-state index is 12.8. The maximum absolute atomic E-state index is 12.8. The highest BCUT2D eigenvalue weighted by molar-refractivity contribution is 14.1. The Morgan fingerprint density at radius 1 is 1.03 bits per heavy atom. The molecule has 3 aliphatic rings. The number of fused-ring (bicyclic) bond motifs is 5. The van der Waals surface area contributed by atoms with Gasteiger partial charge in [-0.1, -0.05) is 41.4 Å². The van der Waals surface area contributed by atoms with Crippen LogP contribution < -0.4 is 4.74 Å². The molecule has 1 heterocycles. The SMILES string of the molecule is O=C1[C@@H]2[C@H](C(=O)N1/N=C\c1cc(I)c(OCc3ccc(Cl)cc3Cl)c(I)c1)[C@H]1C=C[C@H]2C1. The Labute approximate surface area is 222 Å². The van der Waals surface area contributed by atoms with Crippen LogP contribution in [0, 0.1) is 30.8 Å². The van der Waals surface area contributed by atoms with Gasteiger partial charge in [-0.25, -0.2) is 0 Å². The van der Waals surface area contributed by atoms with Crippen LogP contribution in [0.4, 0.5) is 0 Å². The van der Waals surface area contributed by atoms with E-state index in [-0.39, 0.29) is 35.5 Å². The molecule has 0 unspecified atom stereocenters. The lowest BCUT2D eigenvalue weighted by Crippen LogP contribution is -2.28. The molecule has 5 nitrogen and oxygen atoms in total. The molecule has 4 atom stereocenters. The lowest BCUT2D eigenvalue weighted by atomic mass is 9.85. The van der Waals surface area contributed by atoms with Crippen molar-refractivity contribution in [2.75, 3.05) is 0 Å². The minimum absolute atomic E-state index is 0.175. The standard InChI is InChI=1S/C23H16Cl2I2N2O3/c24-15-4-3-14(16(25)8-15)10-32-21-17(26)5-11(6-18(21)27)9-28-29-22(30)19-12-1-2-13(7-12)20(19)23(29)31/h1-6,8-9,12-13,19-20H,7,10H2/b28-9-/t12-,13-,19-,20+/m0/s1. The number of ether oxygens (including phenoxy) is 1. The van der Waals surface area contributed by atoms with E-state index < -0.39 is 0 Å². The number of hydrogen-bond donors (Lipinski definition) is 0. The Morgan fingerprint density at radius 2 is 1.66 bits per heavy atom. The van der Waals surface area contributed by atoms with Crippen LogP contribution in [0.5, 0.6) is 5.75 Å². The predicted octanol–water partition coefficient (Wildman–Crippen LogP) is 5.92. The van der Waals surface area contributed by atoms with Gasteiger partial charge in [-0.15, -0.1) is 0 Å². The third kappa shape index (κ3) is 3.99. The van der Waals surface area contributed by atoms with E-state index in [1.807, 2.05) is 18.2 Å². The van der Waals surface area contributed by atoms with Crippen LogP contribution in [0.2, 0.25) is 10.0 Å². The van der Waals surface area contributed by atoms with Crippen LogP contribution in [0.25, 0.3) is 0 Å². The molecule has 0 spiro atoms. The quantitative estimate of drug-likeness (QED) is 0.169. The van der Waals surface area contributed by atoms with Gasteiger partial charge < -0.3 is 4.74 Å². The highest BCUT2D eigenvalue weighted by Gasteiger charge is 2.59. The first-order chi connectivity index (χ1) is 15.3. The fraction of sp³-hybridized carbons (Fsp3) is 0.261. The molecule has 5 rings (SSSR count). The summed E-state index contributed by atoms with van der Waals surface area (Å²) < 4.78 is 7.79. The second-order valence-corrected chi connectivity index (χ2v) is 11.2. The van der Waals surface area contributed by atoms with Crippen LogP contribution >= 0.6 is 68.4 Å². The van der Waals surface area contributed by atoms with E-state index >= 15 is 0 Å². The lowest BCUT2D eigenvalue weighted by molar-refractivity contribution is -0.140. The molecular formula is C23H16Cl2I2N2O3. The van der Waals surface area contributed by atoms with Crippen molar-refractivity contribution in [2.24, 2.45) is 28.8 Å². The average Bonchev–Trinajstić information content (AvgIpc) is 3.42. The van der Waals surface area contributed by atoms with E-state index in [1.54, 1.807) is 18.3 Å². The second kappa shape index (κ2) is 8.88. The Balaban J connectivity index is 1.31. The summed E-state index contributed by atoms with van der Waals surface area (Å²) in [5.74, 6) is 0.230. The number of amides is 2. The van der Waals surface area contributed by atoms with Crippen molar-refractivity contribution < 1.29 is 14.3 Å². The summed E-state index contributed by atoms with van der Waals surface area (Å²) in [5, 5.41) is 6.46. The molecule has 2 aromatic carbocycles. The molecule has 9 heteroatoms. The third-order valence-electron chi connectivity index (χ3n) is 6.18. The molecule has 164 valence electrons.